The quantitative estimate of drug-likeness (QED) is 0.748. The molecule has 3 aromatic rings. The van der Waals surface area contributed by atoms with Gasteiger partial charge in [0.25, 0.3) is 0 Å². The number of benzene rings is 1. The average Bonchev–Trinajstić information content (AvgIpc) is 3.09. The summed E-state index contributed by atoms with van der Waals surface area (Å²) in [4.78, 5) is 3.33. The predicted molar refractivity (Wildman–Crippen MR) is 79.9 cm³/mol. The summed E-state index contributed by atoms with van der Waals surface area (Å²) in [5, 5.41) is 4.25. The Morgan fingerprint density at radius 2 is 2.11 bits per heavy atom. The number of rotatable bonds is 4. The number of thiophene rings is 1. The highest BCUT2D eigenvalue weighted by molar-refractivity contribution is 7.08. The lowest BCUT2D eigenvalue weighted by atomic mass is 10.1. The molecule has 0 saturated carbocycles. The van der Waals surface area contributed by atoms with Gasteiger partial charge in [0.1, 0.15) is 5.75 Å². The third-order valence-electron chi connectivity index (χ3n) is 3.12. The van der Waals surface area contributed by atoms with Crippen LogP contribution in [0.25, 0.3) is 11.3 Å². The SMILES string of the molecule is COc1cccc(Cc2c[nH]c(-c3ccsc3)c2)c1. The van der Waals surface area contributed by atoms with Crippen molar-refractivity contribution in [2.24, 2.45) is 0 Å². The smallest absolute Gasteiger partial charge is 0.119 e. The average molecular weight is 269 g/mol. The summed E-state index contributed by atoms with van der Waals surface area (Å²) in [6, 6.07) is 12.5. The van der Waals surface area contributed by atoms with Crippen LogP contribution in [0, 0.1) is 0 Å². The van der Waals surface area contributed by atoms with Gasteiger partial charge < -0.3 is 9.72 Å². The minimum atomic E-state index is 0.908. The van der Waals surface area contributed by atoms with Crippen LogP contribution in [0.1, 0.15) is 11.1 Å². The second kappa shape index (κ2) is 5.33. The molecule has 0 aliphatic rings. The molecular weight excluding hydrogens is 254 g/mol. The molecule has 0 saturated heterocycles. The maximum atomic E-state index is 5.25. The van der Waals surface area contributed by atoms with Gasteiger partial charge in [0.05, 0.1) is 7.11 Å². The fourth-order valence-electron chi connectivity index (χ4n) is 2.14. The molecule has 0 amide bonds. The second-order valence-electron chi connectivity index (χ2n) is 4.46. The van der Waals surface area contributed by atoms with Crippen molar-refractivity contribution in [2.75, 3.05) is 7.11 Å². The molecule has 2 aromatic heterocycles. The third kappa shape index (κ3) is 2.71. The van der Waals surface area contributed by atoms with Gasteiger partial charge in [-0.3, -0.25) is 0 Å². The van der Waals surface area contributed by atoms with Crippen molar-refractivity contribution in [2.45, 2.75) is 6.42 Å². The molecule has 0 aliphatic carbocycles. The molecule has 1 aromatic carbocycles. The fraction of sp³-hybridized carbons (Fsp3) is 0.125. The van der Waals surface area contributed by atoms with Gasteiger partial charge >= 0.3 is 0 Å². The largest absolute Gasteiger partial charge is 0.497 e. The summed E-state index contributed by atoms with van der Waals surface area (Å²) in [7, 11) is 1.70. The predicted octanol–water partition coefficient (Wildman–Crippen LogP) is 4.34. The number of aromatic nitrogens is 1. The van der Waals surface area contributed by atoms with Crippen LogP contribution in [0.15, 0.2) is 53.4 Å². The third-order valence-corrected chi connectivity index (χ3v) is 3.80. The zero-order valence-electron chi connectivity index (χ0n) is 10.7. The van der Waals surface area contributed by atoms with Crippen molar-refractivity contribution >= 4 is 11.3 Å². The normalized spacial score (nSPS) is 10.6. The summed E-state index contributed by atoms with van der Waals surface area (Å²) < 4.78 is 5.25. The highest BCUT2D eigenvalue weighted by atomic mass is 32.1. The van der Waals surface area contributed by atoms with Gasteiger partial charge in [0, 0.05) is 22.8 Å². The molecule has 2 heterocycles. The standard InChI is InChI=1S/C16H15NOS/c1-18-15-4-2-3-12(8-15)7-13-9-16(17-10-13)14-5-6-19-11-14/h2-6,8-11,17H,7H2,1H3. The lowest BCUT2D eigenvalue weighted by molar-refractivity contribution is 0.414. The Balaban J connectivity index is 1.80. The highest BCUT2D eigenvalue weighted by Gasteiger charge is 2.04. The van der Waals surface area contributed by atoms with Crippen LogP contribution in [0.5, 0.6) is 5.75 Å². The lowest BCUT2D eigenvalue weighted by Gasteiger charge is -2.02. The van der Waals surface area contributed by atoms with E-state index in [-0.39, 0.29) is 0 Å². The van der Waals surface area contributed by atoms with Crippen molar-refractivity contribution in [1.29, 1.82) is 0 Å². The Bertz CT molecular complexity index is 655. The minimum Gasteiger partial charge on any atom is -0.497 e. The van der Waals surface area contributed by atoms with Crippen LogP contribution in [-0.4, -0.2) is 12.1 Å². The summed E-state index contributed by atoms with van der Waals surface area (Å²) >= 11 is 1.72. The number of H-pyrrole nitrogens is 1. The molecule has 1 N–H and O–H groups in total. The highest BCUT2D eigenvalue weighted by Crippen LogP contribution is 2.23. The number of methoxy groups -OCH3 is 1. The van der Waals surface area contributed by atoms with E-state index in [4.69, 9.17) is 4.74 Å². The number of nitrogens with one attached hydrogen (secondary N) is 1. The van der Waals surface area contributed by atoms with E-state index in [0.29, 0.717) is 0 Å². The topological polar surface area (TPSA) is 25.0 Å². The van der Waals surface area contributed by atoms with Crippen LogP contribution in [0.2, 0.25) is 0 Å². The van der Waals surface area contributed by atoms with Crippen LogP contribution >= 0.6 is 11.3 Å². The van der Waals surface area contributed by atoms with Gasteiger partial charge in [-0.25, -0.2) is 0 Å². The monoisotopic (exact) mass is 269 g/mol. The van der Waals surface area contributed by atoms with Crippen LogP contribution in [0.3, 0.4) is 0 Å². The first-order valence-electron chi connectivity index (χ1n) is 6.18. The molecule has 2 nitrogen and oxygen atoms in total. The molecule has 19 heavy (non-hydrogen) atoms. The summed E-state index contributed by atoms with van der Waals surface area (Å²) in [6.45, 7) is 0. The molecular formula is C16H15NOS. The minimum absolute atomic E-state index is 0.908. The second-order valence-corrected chi connectivity index (χ2v) is 5.24. The number of hydrogen-bond acceptors (Lipinski definition) is 2. The van der Waals surface area contributed by atoms with Crippen molar-refractivity contribution in [3.63, 3.8) is 0 Å². The molecule has 3 heteroatoms. The van der Waals surface area contributed by atoms with E-state index < -0.39 is 0 Å². The number of aromatic amines is 1. The molecule has 0 bridgehead atoms. The summed E-state index contributed by atoms with van der Waals surface area (Å²) in [5.74, 6) is 0.908. The van der Waals surface area contributed by atoms with Gasteiger partial charge in [-0.1, -0.05) is 12.1 Å². The molecule has 0 spiro atoms. The van der Waals surface area contributed by atoms with Crippen LogP contribution in [-0.2, 0) is 6.42 Å². The van der Waals surface area contributed by atoms with Gasteiger partial charge in [-0.2, -0.15) is 11.3 Å². The first kappa shape index (κ1) is 12.1. The molecule has 0 radical (unpaired) electrons. The van der Waals surface area contributed by atoms with E-state index in [2.05, 4.69) is 46.2 Å². The van der Waals surface area contributed by atoms with Crippen molar-refractivity contribution < 1.29 is 4.74 Å². The Kier molecular flexibility index (Phi) is 3.38. The van der Waals surface area contributed by atoms with E-state index in [9.17, 15) is 0 Å². The van der Waals surface area contributed by atoms with E-state index in [1.54, 1.807) is 18.4 Å². The molecule has 3 rings (SSSR count). The van der Waals surface area contributed by atoms with Crippen molar-refractivity contribution in [1.82, 2.24) is 4.98 Å². The Labute approximate surface area is 116 Å². The molecule has 0 fully saturated rings. The van der Waals surface area contributed by atoms with Crippen LogP contribution < -0.4 is 4.74 Å². The van der Waals surface area contributed by atoms with Crippen LogP contribution in [0.4, 0.5) is 0 Å². The molecule has 0 aliphatic heterocycles. The Hall–Kier alpha value is -2.00. The van der Waals surface area contributed by atoms with Crippen molar-refractivity contribution in [3.8, 4) is 17.0 Å². The van der Waals surface area contributed by atoms with Gasteiger partial charge in [-0.15, -0.1) is 0 Å². The lowest BCUT2D eigenvalue weighted by Crippen LogP contribution is -1.88. The first-order chi connectivity index (χ1) is 9.35. The molecule has 0 unspecified atom stereocenters. The fourth-order valence-corrected chi connectivity index (χ4v) is 2.80. The van der Waals surface area contributed by atoms with E-state index in [1.807, 2.05) is 12.1 Å². The van der Waals surface area contributed by atoms with Gasteiger partial charge in [0.2, 0.25) is 0 Å². The van der Waals surface area contributed by atoms with Gasteiger partial charge in [0.15, 0.2) is 0 Å². The van der Waals surface area contributed by atoms with E-state index >= 15 is 0 Å². The Morgan fingerprint density at radius 3 is 2.89 bits per heavy atom. The van der Waals surface area contributed by atoms with E-state index in [0.717, 1.165) is 12.2 Å². The maximum absolute atomic E-state index is 5.25. The van der Waals surface area contributed by atoms with E-state index in [1.165, 1.54) is 22.4 Å². The molecule has 0 atom stereocenters. The number of hydrogen-bond donors (Lipinski definition) is 1. The Morgan fingerprint density at radius 1 is 1.16 bits per heavy atom. The summed E-state index contributed by atoms with van der Waals surface area (Å²) in [6.07, 6.45) is 2.99. The summed E-state index contributed by atoms with van der Waals surface area (Å²) in [5.41, 5.74) is 4.98. The van der Waals surface area contributed by atoms with Crippen molar-refractivity contribution in [3.05, 3.63) is 64.5 Å². The maximum Gasteiger partial charge on any atom is 0.119 e. The zero-order valence-corrected chi connectivity index (χ0v) is 11.5. The molecule has 96 valence electrons. The first-order valence-corrected chi connectivity index (χ1v) is 7.12. The van der Waals surface area contributed by atoms with Gasteiger partial charge in [-0.05, 0) is 47.2 Å². The zero-order chi connectivity index (χ0) is 13.1. The number of ether oxygens (including phenoxy) is 1.